The van der Waals surface area contributed by atoms with Crippen molar-refractivity contribution in [2.75, 3.05) is 0 Å². The highest BCUT2D eigenvalue weighted by Crippen LogP contribution is 2.53. The second kappa shape index (κ2) is 5.17. The average Bonchev–Trinajstić information content (AvgIpc) is 3.25. The zero-order chi connectivity index (χ0) is 19.2. The van der Waals surface area contributed by atoms with E-state index in [-0.39, 0.29) is 5.41 Å². The Morgan fingerprint density at radius 1 is 1.15 bits per heavy atom. The summed E-state index contributed by atoms with van der Waals surface area (Å²) >= 11 is 0. The van der Waals surface area contributed by atoms with Gasteiger partial charge in [-0.2, -0.15) is 0 Å². The van der Waals surface area contributed by atoms with E-state index < -0.39 is 29.9 Å². The second-order valence-electron chi connectivity index (χ2n) is 9.17. The van der Waals surface area contributed by atoms with Crippen molar-refractivity contribution in [1.82, 2.24) is 15.0 Å². The van der Waals surface area contributed by atoms with Crippen molar-refractivity contribution in [3.63, 3.8) is 0 Å². The van der Waals surface area contributed by atoms with E-state index in [1.54, 1.807) is 4.68 Å². The van der Waals surface area contributed by atoms with Gasteiger partial charge < -0.3 is 19.3 Å². The SMILES string of the molecule is CC1(C)O[C@H]2O[C@@H]3Cn4nnc(-c5ccc(C(C)(C)C)cc5)c4[C@]3(O)[C@H]2O1. The summed E-state index contributed by atoms with van der Waals surface area (Å²) in [5.74, 6) is -0.800. The average molecular weight is 371 g/mol. The molecule has 4 atom stereocenters. The van der Waals surface area contributed by atoms with Gasteiger partial charge in [-0.15, -0.1) is 5.10 Å². The molecule has 0 radical (unpaired) electrons. The molecule has 0 amide bonds. The lowest BCUT2D eigenvalue weighted by molar-refractivity contribution is -0.228. The van der Waals surface area contributed by atoms with Crippen LogP contribution in [0.5, 0.6) is 0 Å². The van der Waals surface area contributed by atoms with Gasteiger partial charge in [-0.05, 0) is 24.8 Å². The van der Waals surface area contributed by atoms with Crippen molar-refractivity contribution in [1.29, 1.82) is 0 Å². The van der Waals surface area contributed by atoms with Gasteiger partial charge in [-0.3, -0.25) is 0 Å². The third kappa shape index (κ3) is 2.35. The van der Waals surface area contributed by atoms with E-state index in [0.29, 0.717) is 17.9 Å². The van der Waals surface area contributed by atoms with E-state index in [0.717, 1.165) is 5.56 Å². The number of ether oxygens (including phenoxy) is 3. The molecular formula is C20H25N3O4. The fourth-order valence-corrected chi connectivity index (χ4v) is 4.36. The zero-order valence-electron chi connectivity index (χ0n) is 16.3. The third-order valence-corrected chi connectivity index (χ3v) is 5.76. The summed E-state index contributed by atoms with van der Waals surface area (Å²) < 4.78 is 19.5. The van der Waals surface area contributed by atoms with Gasteiger partial charge in [0, 0.05) is 5.56 Å². The summed E-state index contributed by atoms with van der Waals surface area (Å²) in [4.78, 5) is 0. The minimum absolute atomic E-state index is 0.0728. The van der Waals surface area contributed by atoms with Crippen LogP contribution in [0.25, 0.3) is 11.3 Å². The van der Waals surface area contributed by atoms with E-state index in [1.807, 2.05) is 26.0 Å². The van der Waals surface area contributed by atoms with Crippen LogP contribution >= 0.6 is 0 Å². The quantitative estimate of drug-likeness (QED) is 0.829. The van der Waals surface area contributed by atoms with E-state index in [9.17, 15) is 5.11 Å². The van der Waals surface area contributed by atoms with Crippen LogP contribution in [-0.2, 0) is 31.8 Å². The van der Waals surface area contributed by atoms with Gasteiger partial charge >= 0.3 is 0 Å². The minimum atomic E-state index is -1.33. The summed E-state index contributed by atoms with van der Waals surface area (Å²) in [7, 11) is 0. The zero-order valence-corrected chi connectivity index (χ0v) is 16.3. The first-order valence-electron chi connectivity index (χ1n) is 9.38. The van der Waals surface area contributed by atoms with Crippen LogP contribution in [-0.4, -0.2) is 44.4 Å². The van der Waals surface area contributed by atoms with Crippen LogP contribution in [0, 0.1) is 0 Å². The molecule has 1 N–H and O–H groups in total. The Kier molecular flexibility index (Phi) is 3.31. The molecule has 3 aliphatic rings. The summed E-state index contributed by atoms with van der Waals surface area (Å²) in [5.41, 5.74) is 2.21. The van der Waals surface area contributed by atoms with E-state index in [4.69, 9.17) is 14.2 Å². The Hall–Kier alpha value is -1.80. The Morgan fingerprint density at radius 3 is 2.52 bits per heavy atom. The highest BCUT2D eigenvalue weighted by Gasteiger charge is 2.68. The summed E-state index contributed by atoms with van der Waals surface area (Å²) in [6.07, 6.45) is -1.65. The van der Waals surface area contributed by atoms with Crippen molar-refractivity contribution in [3.8, 4) is 11.3 Å². The second-order valence-corrected chi connectivity index (χ2v) is 9.17. The highest BCUT2D eigenvalue weighted by atomic mass is 16.8. The predicted octanol–water partition coefficient (Wildman–Crippen LogP) is 2.32. The number of nitrogens with zero attached hydrogens (tertiary/aromatic N) is 3. The lowest BCUT2D eigenvalue weighted by Gasteiger charge is -2.28. The monoisotopic (exact) mass is 371 g/mol. The molecule has 144 valence electrons. The van der Waals surface area contributed by atoms with Crippen LogP contribution in [0.3, 0.4) is 0 Å². The van der Waals surface area contributed by atoms with Gasteiger partial charge in [0.15, 0.2) is 17.7 Å². The number of aromatic nitrogens is 3. The van der Waals surface area contributed by atoms with Gasteiger partial charge in [0.1, 0.15) is 23.6 Å². The van der Waals surface area contributed by atoms with Crippen molar-refractivity contribution >= 4 is 0 Å². The fraction of sp³-hybridized carbons (Fsp3) is 0.600. The van der Waals surface area contributed by atoms with Crippen LogP contribution < -0.4 is 0 Å². The minimum Gasteiger partial charge on any atom is -0.378 e. The van der Waals surface area contributed by atoms with Gasteiger partial charge in [0.05, 0.1) is 6.54 Å². The number of rotatable bonds is 1. The molecule has 0 spiro atoms. The molecule has 2 fully saturated rings. The number of fused-ring (bicyclic) bond motifs is 5. The van der Waals surface area contributed by atoms with Crippen molar-refractivity contribution in [2.45, 2.75) is 76.5 Å². The first-order valence-corrected chi connectivity index (χ1v) is 9.38. The molecule has 0 unspecified atom stereocenters. The molecule has 5 rings (SSSR count). The molecule has 1 aromatic heterocycles. The van der Waals surface area contributed by atoms with E-state index in [2.05, 4.69) is 43.2 Å². The number of hydrogen-bond donors (Lipinski definition) is 1. The summed E-state index contributed by atoms with van der Waals surface area (Å²) in [6.45, 7) is 10.6. The molecule has 27 heavy (non-hydrogen) atoms. The Bertz CT molecular complexity index is 899. The molecule has 7 nitrogen and oxygen atoms in total. The first-order chi connectivity index (χ1) is 12.6. The van der Waals surface area contributed by atoms with Gasteiger partial charge in [0.25, 0.3) is 0 Å². The fourth-order valence-electron chi connectivity index (χ4n) is 4.36. The smallest absolute Gasteiger partial charge is 0.191 e. The van der Waals surface area contributed by atoms with Crippen LogP contribution in [0.15, 0.2) is 24.3 Å². The molecule has 0 aliphatic carbocycles. The van der Waals surface area contributed by atoms with Crippen molar-refractivity contribution in [3.05, 3.63) is 35.5 Å². The maximum atomic E-state index is 11.7. The molecule has 0 saturated carbocycles. The molecule has 2 saturated heterocycles. The van der Waals surface area contributed by atoms with Crippen molar-refractivity contribution in [2.24, 2.45) is 0 Å². The molecule has 3 aliphatic heterocycles. The molecule has 4 heterocycles. The normalized spacial score (nSPS) is 33.8. The van der Waals surface area contributed by atoms with Gasteiger partial charge in [-0.1, -0.05) is 50.3 Å². The molecule has 2 aromatic rings. The first kappa shape index (κ1) is 17.3. The molecule has 1 aromatic carbocycles. The Labute approximate surface area is 158 Å². The van der Waals surface area contributed by atoms with Gasteiger partial charge in [-0.25, -0.2) is 4.68 Å². The lowest BCUT2D eigenvalue weighted by Crippen LogP contribution is -2.44. The molecule has 0 bridgehead atoms. The summed E-state index contributed by atoms with van der Waals surface area (Å²) in [5, 5.41) is 20.3. The van der Waals surface area contributed by atoms with Crippen LogP contribution in [0.2, 0.25) is 0 Å². The largest absolute Gasteiger partial charge is 0.378 e. The standard InChI is InChI=1S/C20H25N3O4/c1-18(2,3)12-8-6-11(7-9-12)14-15-20(24)13(10-23(15)22-21-14)25-17-16(20)26-19(4,5)27-17/h6-9,13,16-17,24H,10H2,1-5H3/t13-,16+,17-,20+/m1/s1. The Balaban J connectivity index is 1.57. The number of hydrogen-bond acceptors (Lipinski definition) is 6. The Morgan fingerprint density at radius 2 is 1.85 bits per heavy atom. The van der Waals surface area contributed by atoms with E-state index in [1.165, 1.54) is 5.56 Å². The number of aliphatic hydroxyl groups is 1. The van der Waals surface area contributed by atoms with Gasteiger partial charge in [0.2, 0.25) is 0 Å². The summed E-state index contributed by atoms with van der Waals surface area (Å²) in [6, 6.07) is 8.27. The highest BCUT2D eigenvalue weighted by molar-refractivity contribution is 5.64. The molecular weight excluding hydrogens is 346 g/mol. The predicted molar refractivity (Wildman–Crippen MR) is 96.8 cm³/mol. The van der Waals surface area contributed by atoms with E-state index >= 15 is 0 Å². The maximum absolute atomic E-state index is 11.7. The van der Waals surface area contributed by atoms with Crippen LogP contribution in [0.4, 0.5) is 0 Å². The maximum Gasteiger partial charge on any atom is 0.191 e. The van der Waals surface area contributed by atoms with Crippen molar-refractivity contribution < 1.29 is 19.3 Å². The van der Waals surface area contributed by atoms with Crippen LogP contribution in [0.1, 0.15) is 45.9 Å². The third-order valence-electron chi connectivity index (χ3n) is 5.76. The topological polar surface area (TPSA) is 78.6 Å². The number of benzene rings is 1. The lowest BCUT2D eigenvalue weighted by atomic mass is 9.85. The molecule has 7 heteroatoms.